The maximum Gasteiger partial charge on any atom is 0.340 e. The van der Waals surface area contributed by atoms with Crippen LogP contribution in [0.1, 0.15) is 49.4 Å². The minimum absolute atomic E-state index is 0.158. The number of aryl methyl sites for hydroxylation is 2. The van der Waals surface area contributed by atoms with Crippen molar-refractivity contribution < 1.29 is 28.1 Å². The third kappa shape index (κ3) is 4.71. The average molecular weight is 391 g/mol. The van der Waals surface area contributed by atoms with Crippen molar-refractivity contribution in [3.8, 4) is 0 Å². The Balaban J connectivity index is 2.12. The van der Waals surface area contributed by atoms with E-state index in [4.69, 9.17) is 9.47 Å². The first kappa shape index (κ1) is 20.6. The molecule has 1 unspecified atom stereocenters. The molecule has 0 bridgehead atoms. The van der Waals surface area contributed by atoms with E-state index in [1.807, 2.05) is 0 Å². The third-order valence-electron chi connectivity index (χ3n) is 3.89. The van der Waals surface area contributed by atoms with Crippen LogP contribution in [-0.2, 0) is 20.3 Å². The molecule has 27 heavy (non-hydrogen) atoms. The fourth-order valence-corrected chi connectivity index (χ4v) is 3.18. The summed E-state index contributed by atoms with van der Waals surface area (Å²) in [5.74, 6) is -1.78. The Hall–Kier alpha value is -2.74. The smallest absolute Gasteiger partial charge is 0.340 e. The van der Waals surface area contributed by atoms with Crippen molar-refractivity contribution in [2.24, 2.45) is 0 Å². The second kappa shape index (κ2) is 8.77. The monoisotopic (exact) mass is 391 g/mol. The molecule has 1 heterocycles. The lowest BCUT2D eigenvalue weighted by molar-refractivity contribution is 0.0472. The van der Waals surface area contributed by atoms with Gasteiger partial charge in [0.15, 0.2) is 6.61 Å². The van der Waals surface area contributed by atoms with Crippen molar-refractivity contribution in [3.63, 3.8) is 0 Å². The highest BCUT2D eigenvalue weighted by molar-refractivity contribution is 7.84. The van der Waals surface area contributed by atoms with Crippen LogP contribution >= 0.6 is 0 Å². The molecule has 1 atom stereocenters. The maximum absolute atomic E-state index is 12.5. The Morgan fingerprint density at radius 1 is 0.963 bits per heavy atom. The number of hydrogen-bond donors (Lipinski definition) is 1. The predicted molar refractivity (Wildman–Crippen MR) is 99.6 cm³/mol. The molecule has 1 aromatic heterocycles. The van der Waals surface area contributed by atoms with Crippen molar-refractivity contribution in [2.45, 2.75) is 25.7 Å². The van der Waals surface area contributed by atoms with Crippen LogP contribution in [0, 0.1) is 13.8 Å². The van der Waals surface area contributed by atoms with E-state index in [0.29, 0.717) is 16.3 Å². The van der Waals surface area contributed by atoms with Gasteiger partial charge in [-0.2, -0.15) is 0 Å². The zero-order chi connectivity index (χ0) is 20.1. The number of aromatic nitrogens is 1. The molecule has 0 aliphatic rings. The Morgan fingerprint density at radius 3 is 2.11 bits per heavy atom. The van der Waals surface area contributed by atoms with E-state index in [2.05, 4.69) is 4.98 Å². The summed E-state index contributed by atoms with van der Waals surface area (Å²) >= 11 is 0. The summed E-state index contributed by atoms with van der Waals surface area (Å²) < 4.78 is 21.4. The number of H-pyrrole nitrogens is 1. The first-order valence-corrected chi connectivity index (χ1v) is 9.82. The normalized spacial score (nSPS) is 11.7. The zero-order valence-corrected chi connectivity index (χ0v) is 16.4. The standard InChI is InChI=1S/C19H21NO6S/c1-5-25-19(23)17-12(3)20-11(2)16(17)15(21)10-26-18(22)13-6-8-14(9-7-13)27(4)24/h6-9,20H,5,10H2,1-4H3. The highest BCUT2D eigenvalue weighted by Gasteiger charge is 2.26. The van der Waals surface area contributed by atoms with Crippen molar-refractivity contribution in [2.75, 3.05) is 19.5 Å². The Kier molecular flexibility index (Phi) is 6.68. The number of rotatable bonds is 7. The van der Waals surface area contributed by atoms with Crippen molar-refractivity contribution in [1.82, 2.24) is 4.98 Å². The second-order valence-electron chi connectivity index (χ2n) is 5.82. The highest BCUT2D eigenvalue weighted by atomic mass is 32.2. The predicted octanol–water partition coefficient (Wildman–Crippen LogP) is 2.59. The molecule has 0 saturated carbocycles. The topological polar surface area (TPSA) is 103 Å². The molecule has 2 rings (SSSR count). The van der Waals surface area contributed by atoms with Crippen molar-refractivity contribution in [1.29, 1.82) is 0 Å². The first-order chi connectivity index (χ1) is 12.8. The summed E-state index contributed by atoms with van der Waals surface area (Å²) in [6, 6.07) is 6.10. The molecule has 0 saturated heterocycles. The second-order valence-corrected chi connectivity index (χ2v) is 7.20. The fourth-order valence-electron chi connectivity index (χ4n) is 2.66. The lowest BCUT2D eigenvalue weighted by Crippen LogP contribution is -2.18. The number of aromatic amines is 1. The van der Waals surface area contributed by atoms with Crippen LogP contribution in [0.25, 0.3) is 0 Å². The van der Waals surface area contributed by atoms with Gasteiger partial charge in [-0.05, 0) is 45.0 Å². The van der Waals surface area contributed by atoms with Crippen LogP contribution in [0.4, 0.5) is 0 Å². The van der Waals surface area contributed by atoms with Crippen LogP contribution in [0.15, 0.2) is 29.2 Å². The minimum Gasteiger partial charge on any atom is -0.462 e. The van der Waals surface area contributed by atoms with Crippen molar-refractivity contribution >= 4 is 28.5 Å². The molecule has 0 fully saturated rings. The van der Waals surface area contributed by atoms with Gasteiger partial charge in [0.1, 0.15) is 0 Å². The number of carbonyl (C=O) groups excluding carboxylic acids is 3. The van der Waals surface area contributed by atoms with E-state index in [-0.39, 0.29) is 23.3 Å². The van der Waals surface area contributed by atoms with Crippen LogP contribution in [0.2, 0.25) is 0 Å². The molecule has 0 amide bonds. The van der Waals surface area contributed by atoms with Gasteiger partial charge in [-0.15, -0.1) is 0 Å². The lowest BCUT2D eigenvalue weighted by atomic mass is 10.1. The summed E-state index contributed by atoms with van der Waals surface area (Å²) in [5, 5.41) is 0. The van der Waals surface area contributed by atoms with E-state index in [9.17, 15) is 18.6 Å². The van der Waals surface area contributed by atoms with E-state index >= 15 is 0 Å². The number of esters is 2. The van der Waals surface area contributed by atoms with Crippen LogP contribution in [-0.4, -0.2) is 46.4 Å². The van der Waals surface area contributed by atoms with Gasteiger partial charge in [0.05, 0.1) is 23.3 Å². The van der Waals surface area contributed by atoms with Gasteiger partial charge < -0.3 is 14.5 Å². The number of benzene rings is 1. The van der Waals surface area contributed by atoms with Gasteiger partial charge >= 0.3 is 11.9 Å². The SMILES string of the molecule is CCOC(=O)c1c(C)[nH]c(C)c1C(=O)COC(=O)c1ccc(S(C)=O)cc1. The number of carbonyl (C=O) groups is 3. The molecule has 0 radical (unpaired) electrons. The Morgan fingerprint density at radius 2 is 1.56 bits per heavy atom. The number of hydrogen-bond acceptors (Lipinski definition) is 6. The van der Waals surface area contributed by atoms with Gasteiger partial charge in [-0.3, -0.25) is 9.00 Å². The summed E-state index contributed by atoms with van der Waals surface area (Å²) in [6.07, 6.45) is 1.54. The van der Waals surface area contributed by atoms with E-state index < -0.39 is 35.1 Å². The molecule has 0 spiro atoms. The van der Waals surface area contributed by atoms with Gasteiger partial charge in [0.2, 0.25) is 5.78 Å². The van der Waals surface area contributed by atoms with E-state index in [1.165, 1.54) is 18.4 Å². The third-order valence-corrected chi connectivity index (χ3v) is 4.83. The Labute approximate surface area is 159 Å². The first-order valence-electron chi connectivity index (χ1n) is 8.26. The molecule has 0 aliphatic heterocycles. The zero-order valence-electron chi connectivity index (χ0n) is 15.6. The number of nitrogens with one attached hydrogen (secondary N) is 1. The molecular weight excluding hydrogens is 370 g/mol. The summed E-state index contributed by atoms with van der Waals surface area (Å²) in [7, 11) is -1.15. The van der Waals surface area contributed by atoms with Crippen molar-refractivity contribution in [3.05, 3.63) is 52.3 Å². The van der Waals surface area contributed by atoms with Crippen LogP contribution in [0.5, 0.6) is 0 Å². The van der Waals surface area contributed by atoms with Gasteiger partial charge in [-0.25, -0.2) is 9.59 Å². The molecule has 7 nitrogen and oxygen atoms in total. The van der Waals surface area contributed by atoms with Gasteiger partial charge in [0, 0.05) is 33.3 Å². The molecule has 1 N–H and O–H groups in total. The molecule has 1 aromatic carbocycles. The molecule has 144 valence electrons. The van der Waals surface area contributed by atoms with E-state index in [1.54, 1.807) is 32.9 Å². The quantitative estimate of drug-likeness (QED) is 0.575. The number of Topliss-reactive ketones (excluding diaryl/α,β-unsaturated/α-hetero) is 1. The van der Waals surface area contributed by atoms with Crippen LogP contribution in [0.3, 0.4) is 0 Å². The molecule has 2 aromatic rings. The van der Waals surface area contributed by atoms with Crippen LogP contribution < -0.4 is 0 Å². The lowest BCUT2D eigenvalue weighted by Gasteiger charge is -2.07. The average Bonchev–Trinajstić information content (AvgIpc) is 2.93. The number of ketones is 1. The number of ether oxygens (including phenoxy) is 2. The van der Waals surface area contributed by atoms with Gasteiger partial charge in [-0.1, -0.05) is 0 Å². The maximum atomic E-state index is 12.5. The largest absolute Gasteiger partial charge is 0.462 e. The molecular formula is C19H21NO6S. The summed E-state index contributed by atoms with van der Waals surface area (Å²) in [6.45, 7) is 4.68. The molecule has 0 aliphatic carbocycles. The fraction of sp³-hybridized carbons (Fsp3) is 0.316. The summed E-state index contributed by atoms with van der Waals surface area (Å²) in [5.41, 5.74) is 1.58. The highest BCUT2D eigenvalue weighted by Crippen LogP contribution is 2.20. The van der Waals surface area contributed by atoms with E-state index in [0.717, 1.165) is 0 Å². The van der Waals surface area contributed by atoms with Gasteiger partial charge in [0.25, 0.3) is 0 Å². The minimum atomic E-state index is -1.15. The Bertz CT molecular complexity index is 898. The molecule has 8 heteroatoms. The summed E-state index contributed by atoms with van der Waals surface area (Å²) in [4.78, 5) is 40.3.